The standard InChI is InChI=1S/C20H18N6O10S5.3Na/c1-37-18(17(34)35)36-24-8(6-4-40-20(21)22-6)12(28)23-9-13(29)26-10(16(32)33)5(2-38-14(9)26)3-39-19-7(15(30)31)11(27)25-41-19;;;/h4,9,14,18H,2-3H2,1H3,(H2,21,22)(H,23,28)(H,25,27)(H,30,31)(H,32,33)(H,34,35);;;/q;3*+1/p-3/b24-8+;;;/t9-,14-,18?;;;/m1.../s1. The number of hydrogen-bond donors (Lipinski definition) is 3. The summed E-state index contributed by atoms with van der Waals surface area (Å²) >= 11 is 4.48. The minimum atomic E-state index is -1.69. The van der Waals surface area contributed by atoms with Crippen LogP contribution < -0.4 is 115 Å². The van der Waals surface area contributed by atoms with Crippen molar-refractivity contribution in [1.29, 1.82) is 0 Å². The molecule has 0 bridgehead atoms. The van der Waals surface area contributed by atoms with Crippen LogP contribution >= 0.6 is 58.2 Å². The molecule has 4 rings (SSSR count). The summed E-state index contributed by atoms with van der Waals surface area (Å²) in [5, 5.41) is 49.7. The first-order chi connectivity index (χ1) is 19.4. The summed E-state index contributed by atoms with van der Waals surface area (Å²) in [6.45, 7) is 0. The van der Waals surface area contributed by atoms with Crippen LogP contribution in [-0.2, 0) is 19.2 Å². The Bertz CT molecular complexity index is 1580. The van der Waals surface area contributed by atoms with E-state index in [4.69, 9.17) is 10.6 Å². The maximum Gasteiger partial charge on any atom is 1.00 e. The number of rotatable bonds is 12. The number of carbonyl (C=O) groups is 4. The fraction of sp³-hybridized carbons (Fsp3) is 0.300. The van der Waals surface area contributed by atoms with Gasteiger partial charge in [-0.15, -0.1) is 46.6 Å². The summed E-state index contributed by atoms with van der Waals surface area (Å²) in [5.41, 5.74) is 1.95. The number of aliphatic carboxylic acids is 2. The zero-order chi connectivity index (χ0) is 30.0. The Balaban J connectivity index is 0.00000323. The average molecular weight is 729 g/mol. The van der Waals surface area contributed by atoms with Crippen molar-refractivity contribution in [1.82, 2.24) is 14.3 Å². The van der Waals surface area contributed by atoms with E-state index in [1.165, 1.54) is 11.6 Å². The third-order valence-corrected chi connectivity index (χ3v) is 10.3. The summed E-state index contributed by atoms with van der Waals surface area (Å²) in [5.74, 6) is -6.64. The van der Waals surface area contributed by atoms with Crippen LogP contribution in [0.25, 0.3) is 0 Å². The number of nitrogen functional groups attached to an aromatic ring is 1. The van der Waals surface area contributed by atoms with Gasteiger partial charge in [0.1, 0.15) is 16.8 Å². The van der Waals surface area contributed by atoms with Crippen LogP contribution in [0.5, 0.6) is 0 Å². The molecule has 2 aromatic heterocycles. The van der Waals surface area contributed by atoms with E-state index < -0.39 is 69.1 Å². The van der Waals surface area contributed by atoms with Crippen LogP contribution in [0, 0.1) is 0 Å². The number of aromatic amines is 1. The fourth-order valence-electron chi connectivity index (χ4n) is 3.53. The molecule has 2 aliphatic rings. The molecule has 0 saturated carbocycles. The number of nitrogens with zero attached hydrogens (tertiary/aromatic N) is 4. The maximum atomic E-state index is 13.1. The molecule has 0 spiro atoms. The number of β-lactam (4-membered cyclic amide) rings is 1. The first kappa shape index (κ1) is 41.5. The van der Waals surface area contributed by atoms with Gasteiger partial charge in [0.05, 0.1) is 27.4 Å². The van der Waals surface area contributed by atoms with Crippen LogP contribution in [0.2, 0.25) is 0 Å². The predicted octanol–water partition coefficient (Wildman–Crippen LogP) is -11.8. The second kappa shape index (κ2) is 18.1. The van der Waals surface area contributed by atoms with Crippen molar-refractivity contribution >= 4 is 98.7 Å². The van der Waals surface area contributed by atoms with Crippen molar-refractivity contribution < 1.29 is 133 Å². The molecule has 44 heavy (non-hydrogen) atoms. The smallest absolute Gasteiger partial charge is 0.857 e. The molecule has 16 nitrogen and oxygen atoms in total. The van der Waals surface area contributed by atoms with Crippen LogP contribution in [0.4, 0.5) is 5.13 Å². The zero-order valence-corrected chi connectivity index (χ0v) is 33.3. The number of carboxylic acids is 3. The number of thioether (sulfide) groups is 3. The second-order valence-electron chi connectivity index (χ2n) is 7.82. The van der Waals surface area contributed by atoms with E-state index in [0.29, 0.717) is 0 Å². The molecule has 4 heterocycles. The topological polar surface area (TPSA) is 267 Å². The molecule has 2 aliphatic heterocycles. The van der Waals surface area contributed by atoms with Crippen molar-refractivity contribution in [2.24, 2.45) is 10.1 Å². The average Bonchev–Trinajstić information content (AvgIpc) is 3.52. The van der Waals surface area contributed by atoms with Gasteiger partial charge in [0.2, 0.25) is 0 Å². The Morgan fingerprint density at radius 3 is 2.48 bits per heavy atom. The number of H-pyrrole nitrogens is 1. The number of anilines is 1. The normalized spacial score (nSPS) is 18.6. The van der Waals surface area contributed by atoms with Crippen molar-refractivity contribution in [3.63, 3.8) is 0 Å². The van der Waals surface area contributed by atoms with Gasteiger partial charge in [-0.05, 0) is 11.8 Å². The van der Waals surface area contributed by atoms with Crippen molar-refractivity contribution in [3.8, 4) is 0 Å². The number of aromatic nitrogens is 2. The molecule has 0 radical (unpaired) electrons. The molecule has 1 saturated heterocycles. The third-order valence-electron chi connectivity index (χ3n) is 5.34. The molecule has 3 atom stereocenters. The quantitative estimate of drug-likeness (QED) is 0.0348. The molecule has 0 aliphatic carbocycles. The molecule has 2 aromatic rings. The number of aromatic carboxylic acids is 1. The Morgan fingerprint density at radius 1 is 1.25 bits per heavy atom. The van der Waals surface area contributed by atoms with E-state index in [9.17, 15) is 44.4 Å². The Hall–Kier alpha value is -0.530. The summed E-state index contributed by atoms with van der Waals surface area (Å²) in [6.07, 6.45) is 1.44. The minimum Gasteiger partial charge on any atom is -0.857 e. The SMILES string of the molecule is CSC(O/N=C(/C([O-])=N[C@@H]1C(=O)N2C(C(=O)[O-])=C(CSc3s[nH]c(=O)c3C(=O)[O-])CS[C@H]12)c1csc(N)n1)C(=O)O.[Na+].[Na+].[Na+]. The number of hydrogen-bond acceptors (Lipinski definition) is 18. The Kier molecular flexibility index (Phi) is 17.1. The Labute approximate surface area is 334 Å². The number of carboxylic acid groups (broad SMARTS) is 3. The predicted molar refractivity (Wildman–Crippen MR) is 145 cm³/mol. The largest absolute Gasteiger partial charge is 1.00 e. The minimum absolute atomic E-state index is 0. The number of nitrogens with one attached hydrogen (secondary N) is 1. The van der Waals surface area contributed by atoms with Gasteiger partial charge in [-0.3, -0.25) is 23.9 Å². The first-order valence-corrected chi connectivity index (χ1v) is 15.9. The molecule has 218 valence electrons. The van der Waals surface area contributed by atoms with Gasteiger partial charge in [0.15, 0.2) is 11.2 Å². The van der Waals surface area contributed by atoms with E-state index in [-0.39, 0.29) is 121 Å². The van der Waals surface area contributed by atoms with E-state index >= 15 is 0 Å². The van der Waals surface area contributed by atoms with Gasteiger partial charge >= 0.3 is 94.6 Å². The van der Waals surface area contributed by atoms with E-state index in [1.807, 2.05) is 0 Å². The van der Waals surface area contributed by atoms with Gasteiger partial charge in [0.25, 0.3) is 16.9 Å². The molecule has 1 amide bonds. The van der Waals surface area contributed by atoms with E-state index in [0.717, 1.165) is 63.1 Å². The van der Waals surface area contributed by atoms with Crippen molar-refractivity contribution in [2.75, 3.05) is 23.5 Å². The van der Waals surface area contributed by atoms with Gasteiger partial charge in [-0.2, -0.15) is 0 Å². The monoisotopic (exact) mass is 728 g/mol. The third kappa shape index (κ3) is 9.08. The number of carbonyl (C=O) groups excluding carboxylic acids is 3. The molecule has 24 heteroatoms. The van der Waals surface area contributed by atoms with Crippen LogP contribution in [0.1, 0.15) is 16.1 Å². The summed E-state index contributed by atoms with van der Waals surface area (Å²) in [7, 11) is 0. The van der Waals surface area contributed by atoms with Crippen molar-refractivity contribution in [2.45, 2.75) is 21.1 Å². The van der Waals surface area contributed by atoms with Gasteiger partial charge in [0, 0.05) is 22.8 Å². The fourth-order valence-corrected chi connectivity index (χ4v) is 7.84. The molecule has 4 N–H and O–H groups in total. The van der Waals surface area contributed by atoms with Gasteiger partial charge in [-0.25, -0.2) is 9.78 Å². The number of oxime groups is 1. The molecule has 1 fully saturated rings. The van der Waals surface area contributed by atoms with E-state index in [1.54, 1.807) is 0 Å². The molecule has 1 unspecified atom stereocenters. The summed E-state index contributed by atoms with van der Waals surface area (Å²) in [6, 6.07) is -1.31. The summed E-state index contributed by atoms with van der Waals surface area (Å²) in [4.78, 5) is 72.9. The second-order valence-corrected chi connectivity index (χ2v) is 12.8. The number of amides is 1. The number of aliphatic imine (C=N–C) groups is 1. The number of fused-ring (bicyclic) bond motifs is 1. The van der Waals surface area contributed by atoms with Crippen LogP contribution in [0.3, 0.4) is 0 Å². The van der Waals surface area contributed by atoms with Crippen LogP contribution in [0.15, 0.2) is 35.8 Å². The number of thiazole rings is 1. The van der Waals surface area contributed by atoms with Gasteiger partial charge < -0.3 is 40.6 Å². The maximum absolute atomic E-state index is 13.1. The van der Waals surface area contributed by atoms with Gasteiger partial charge in [-0.1, -0.05) is 16.7 Å². The summed E-state index contributed by atoms with van der Waals surface area (Å²) < 4.78 is 2.34. The molecule has 0 aromatic carbocycles. The van der Waals surface area contributed by atoms with Crippen LogP contribution in [-0.4, -0.2) is 89.4 Å². The molecular weight excluding hydrogens is 714 g/mol. The van der Waals surface area contributed by atoms with E-state index in [2.05, 4.69) is 19.5 Å². The van der Waals surface area contributed by atoms with Crippen molar-refractivity contribution in [3.05, 3.63) is 38.3 Å². The Morgan fingerprint density at radius 2 is 1.93 bits per heavy atom. The first-order valence-electron chi connectivity index (χ1n) is 10.8. The molecular formula is C20H15N6Na3O10S5. The number of nitrogens with two attached hydrogens (primary N) is 1. The zero-order valence-electron chi connectivity index (χ0n) is 23.3.